The average molecular weight is 469 g/mol. The van der Waals surface area contributed by atoms with Gasteiger partial charge >= 0.3 is 11.9 Å². The number of fused-ring (bicyclic) bond motifs is 3. The van der Waals surface area contributed by atoms with E-state index in [-0.39, 0.29) is 12.0 Å². The maximum atomic E-state index is 11.8. The molecule has 33 heavy (non-hydrogen) atoms. The Labute approximate surface area is 192 Å². The van der Waals surface area contributed by atoms with Gasteiger partial charge in [0, 0.05) is 12.1 Å². The van der Waals surface area contributed by atoms with Crippen LogP contribution >= 0.6 is 0 Å². The molecule has 3 aliphatic rings. The van der Waals surface area contributed by atoms with E-state index in [0.717, 1.165) is 12.8 Å². The van der Waals surface area contributed by atoms with Gasteiger partial charge in [0.05, 0.1) is 6.04 Å². The quantitative estimate of drug-likeness (QED) is 0.203. The van der Waals surface area contributed by atoms with Crippen molar-refractivity contribution >= 4 is 0 Å². The number of nitrogens with one attached hydrogen (secondary N) is 2. The number of hydrazine groups is 1. The van der Waals surface area contributed by atoms with Crippen LogP contribution in [-0.4, -0.2) is 100 Å². The van der Waals surface area contributed by atoms with Gasteiger partial charge < -0.3 is 35.7 Å². The molecular formula is C22H36N4O7. The van der Waals surface area contributed by atoms with Crippen LogP contribution in [0, 0.1) is 5.92 Å². The van der Waals surface area contributed by atoms with Crippen molar-refractivity contribution in [3.63, 3.8) is 0 Å². The van der Waals surface area contributed by atoms with Gasteiger partial charge in [-0.05, 0) is 50.6 Å². The van der Waals surface area contributed by atoms with Crippen LogP contribution in [0.5, 0.6) is 0 Å². The molecule has 11 nitrogen and oxygen atoms in total. The molecule has 7 unspecified atom stereocenters. The molecule has 3 heterocycles. The maximum Gasteiger partial charge on any atom is 0.310 e. The second-order valence-electron chi connectivity index (χ2n) is 9.91. The highest BCUT2D eigenvalue weighted by atomic mass is 16.7. The first-order valence-corrected chi connectivity index (χ1v) is 11.5. The van der Waals surface area contributed by atoms with E-state index in [1.54, 1.807) is 6.92 Å². The number of rotatable bonds is 6. The lowest BCUT2D eigenvalue weighted by atomic mass is 9.80. The highest BCUT2D eigenvalue weighted by molar-refractivity contribution is 5.17. The number of nitrogens with zero attached hydrogens (tertiary/aromatic N) is 2. The molecule has 0 saturated carbocycles. The summed E-state index contributed by atoms with van der Waals surface area (Å²) in [7, 11) is 0. The smallest absolute Gasteiger partial charge is 0.310 e. The monoisotopic (exact) mass is 468 g/mol. The van der Waals surface area contributed by atoms with Crippen molar-refractivity contribution in [2.24, 2.45) is 5.92 Å². The van der Waals surface area contributed by atoms with E-state index in [1.165, 1.54) is 10.5 Å². The molecule has 3 aliphatic heterocycles. The zero-order valence-electron chi connectivity index (χ0n) is 18.9. The largest absolute Gasteiger partial charge is 0.378 e. The fourth-order valence-corrected chi connectivity index (χ4v) is 6.26. The van der Waals surface area contributed by atoms with Crippen LogP contribution in [0.2, 0.25) is 0 Å². The van der Waals surface area contributed by atoms with Gasteiger partial charge in [-0.15, -0.1) is 0 Å². The van der Waals surface area contributed by atoms with E-state index in [0.29, 0.717) is 19.4 Å². The minimum absolute atomic E-state index is 0.0580. The van der Waals surface area contributed by atoms with E-state index in [2.05, 4.69) is 10.9 Å². The standard InChI is InChI=1S/C22H36N4O7/c1-13-11-16-12-14(2)26-18(23-24-19(26)21(28,29)30)20(27,22(31,32)33)17(13)25(16)10-6-9-15-7-4-3-5-8-15/h3-5,7-8,13-14,16-19,23-24,27-33H,6,9-12H2,1-2H3. The molecule has 0 aliphatic carbocycles. The third kappa shape index (κ3) is 4.32. The molecule has 0 aromatic heterocycles. The van der Waals surface area contributed by atoms with Crippen molar-refractivity contribution in [2.75, 3.05) is 6.54 Å². The average Bonchev–Trinajstić information content (AvgIpc) is 3.29. The SMILES string of the molecule is CC1CC2CC(C)N3C(C(O)(O)O)NNC3C(O)(C(O)(O)O)C1N2CCCc1ccccc1. The first-order chi connectivity index (χ1) is 15.4. The molecule has 1 aromatic carbocycles. The van der Waals surface area contributed by atoms with Gasteiger partial charge in [0.25, 0.3) is 0 Å². The van der Waals surface area contributed by atoms with E-state index in [1.807, 2.05) is 42.2 Å². The Balaban J connectivity index is 1.68. The Morgan fingerprint density at radius 2 is 1.67 bits per heavy atom. The Morgan fingerprint density at radius 3 is 2.27 bits per heavy atom. The maximum absolute atomic E-state index is 11.8. The first-order valence-electron chi connectivity index (χ1n) is 11.5. The Morgan fingerprint density at radius 1 is 1.00 bits per heavy atom. The molecule has 11 heteroatoms. The summed E-state index contributed by atoms with van der Waals surface area (Å²) in [5, 5.41) is 72.8. The van der Waals surface area contributed by atoms with E-state index >= 15 is 0 Å². The molecule has 0 spiro atoms. The van der Waals surface area contributed by atoms with Crippen LogP contribution in [0.3, 0.4) is 0 Å². The Hall–Kier alpha value is -1.22. The zero-order chi connectivity index (χ0) is 24.2. The van der Waals surface area contributed by atoms with Crippen molar-refractivity contribution in [2.45, 2.75) is 87.5 Å². The number of hydrogen-bond donors (Lipinski definition) is 9. The second kappa shape index (κ2) is 8.77. The Kier molecular flexibility index (Phi) is 6.62. The minimum Gasteiger partial charge on any atom is -0.378 e. The lowest BCUT2D eigenvalue weighted by molar-refractivity contribution is -0.419. The van der Waals surface area contributed by atoms with Crippen molar-refractivity contribution in [1.82, 2.24) is 20.7 Å². The number of aliphatic hydroxyl groups is 7. The third-order valence-electron chi connectivity index (χ3n) is 7.58. The molecule has 7 atom stereocenters. The summed E-state index contributed by atoms with van der Waals surface area (Å²) in [4.78, 5) is 3.38. The zero-order valence-corrected chi connectivity index (χ0v) is 18.9. The van der Waals surface area contributed by atoms with Gasteiger partial charge in [0.1, 0.15) is 6.17 Å². The molecule has 0 radical (unpaired) electrons. The summed E-state index contributed by atoms with van der Waals surface area (Å²) in [5.74, 6) is -6.91. The van der Waals surface area contributed by atoms with Crippen LogP contribution in [0.25, 0.3) is 0 Å². The molecule has 3 saturated heterocycles. The third-order valence-corrected chi connectivity index (χ3v) is 7.58. The van der Waals surface area contributed by atoms with Gasteiger partial charge in [-0.3, -0.25) is 9.80 Å². The predicted molar refractivity (Wildman–Crippen MR) is 116 cm³/mol. The van der Waals surface area contributed by atoms with Gasteiger partial charge in [-0.2, -0.15) is 0 Å². The molecular weight excluding hydrogens is 432 g/mol. The summed E-state index contributed by atoms with van der Waals surface area (Å²) in [6, 6.07) is 8.63. The van der Waals surface area contributed by atoms with Crippen molar-refractivity contribution in [3.05, 3.63) is 35.9 Å². The van der Waals surface area contributed by atoms with Gasteiger partial charge in [0.15, 0.2) is 11.8 Å². The molecule has 2 bridgehead atoms. The van der Waals surface area contributed by atoms with Gasteiger partial charge in [0.2, 0.25) is 0 Å². The van der Waals surface area contributed by atoms with Crippen molar-refractivity contribution in [1.29, 1.82) is 0 Å². The van der Waals surface area contributed by atoms with Crippen molar-refractivity contribution < 1.29 is 35.7 Å². The lowest BCUT2D eigenvalue weighted by Crippen LogP contribution is -2.78. The van der Waals surface area contributed by atoms with E-state index < -0.39 is 42.0 Å². The first kappa shape index (κ1) is 24.9. The highest BCUT2D eigenvalue weighted by Gasteiger charge is 2.69. The molecule has 3 fully saturated rings. The Bertz CT molecular complexity index is 817. The fourth-order valence-electron chi connectivity index (χ4n) is 6.26. The van der Waals surface area contributed by atoms with E-state index in [9.17, 15) is 35.7 Å². The van der Waals surface area contributed by atoms with Crippen LogP contribution < -0.4 is 10.9 Å². The molecule has 4 rings (SSSR count). The summed E-state index contributed by atoms with van der Waals surface area (Å²) >= 11 is 0. The number of aryl methyl sites for hydroxylation is 1. The summed E-state index contributed by atoms with van der Waals surface area (Å²) in [5.41, 5.74) is 3.79. The van der Waals surface area contributed by atoms with Crippen LogP contribution in [0.1, 0.15) is 38.7 Å². The van der Waals surface area contributed by atoms with Gasteiger partial charge in [-0.25, -0.2) is 10.9 Å². The molecule has 1 aromatic rings. The topological polar surface area (TPSA) is 172 Å². The van der Waals surface area contributed by atoms with Crippen LogP contribution in [0.4, 0.5) is 0 Å². The molecule has 9 N–H and O–H groups in total. The predicted octanol–water partition coefficient (Wildman–Crippen LogP) is -2.46. The highest BCUT2D eigenvalue weighted by Crippen LogP contribution is 2.47. The lowest BCUT2D eigenvalue weighted by Gasteiger charge is -2.53. The van der Waals surface area contributed by atoms with Gasteiger partial charge in [-0.1, -0.05) is 37.3 Å². The normalized spacial score (nSPS) is 38.2. The summed E-state index contributed by atoms with van der Waals surface area (Å²) in [6.07, 6.45) is -0.0401. The molecule has 0 amide bonds. The number of hydrogen-bond acceptors (Lipinski definition) is 11. The van der Waals surface area contributed by atoms with Crippen molar-refractivity contribution in [3.8, 4) is 0 Å². The van der Waals surface area contributed by atoms with Crippen LogP contribution in [-0.2, 0) is 6.42 Å². The summed E-state index contributed by atoms with van der Waals surface area (Å²) in [6.45, 7) is 4.24. The second-order valence-corrected chi connectivity index (χ2v) is 9.91. The molecule has 186 valence electrons. The number of benzene rings is 1. The summed E-state index contributed by atoms with van der Waals surface area (Å²) < 4.78 is 0. The van der Waals surface area contributed by atoms with Crippen LogP contribution in [0.15, 0.2) is 30.3 Å². The minimum atomic E-state index is -3.52. The van der Waals surface area contributed by atoms with E-state index in [4.69, 9.17) is 0 Å². The fraction of sp³-hybridized carbons (Fsp3) is 0.727.